The minimum atomic E-state index is -4.00. The van der Waals surface area contributed by atoms with E-state index in [1.54, 1.807) is 0 Å². The summed E-state index contributed by atoms with van der Waals surface area (Å²) in [5.74, 6) is -1.52. The third-order valence-electron chi connectivity index (χ3n) is 2.22. The SMILES string of the molecule is COC(=O)CNS(=O)(=O)c1ccccc1C(=O)OC. The Kier molecular flexibility index (Phi) is 5.02. The molecule has 0 aliphatic rings. The molecule has 0 aromatic heterocycles. The van der Waals surface area contributed by atoms with Gasteiger partial charge < -0.3 is 9.47 Å². The van der Waals surface area contributed by atoms with Crippen LogP contribution in [0.5, 0.6) is 0 Å². The van der Waals surface area contributed by atoms with Crippen molar-refractivity contribution >= 4 is 22.0 Å². The zero-order valence-electron chi connectivity index (χ0n) is 10.4. The summed E-state index contributed by atoms with van der Waals surface area (Å²) in [4.78, 5) is 22.1. The van der Waals surface area contributed by atoms with Gasteiger partial charge in [0, 0.05) is 0 Å². The van der Waals surface area contributed by atoms with Gasteiger partial charge in [0.2, 0.25) is 10.0 Å². The van der Waals surface area contributed by atoms with E-state index < -0.39 is 28.5 Å². The van der Waals surface area contributed by atoms with Gasteiger partial charge in [-0.1, -0.05) is 12.1 Å². The van der Waals surface area contributed by atoms with Crippen LogP contribution in [0.3, 0.4) is 0 Å². The van der Waals surface area contributed by atoms with Crippen molar-refractivity contribution in [1.29, 1.82) is 0 Å². The van der Waals surface area contributed by atoms with Gasteiger partial charge in [-0.3, -0.25) is 4.79 Å². The van der Waals surface area contributed by atoms with E-state index in [0.717, 1.165) is 14.2 Å². The highest BCUT2D eigenvalue weighted by molar-refractivity contribution is 7.89. The fourth-order valence-corrected chi connectivity index (χ4v) is 2.45. The van der Waals surface area contributed by atoms with E-state index >= 15 is 0 Å². The number of carbonyl (C=O) groups excluding carboxylic acids is 2. The summed E-state index contributed by atoms with van der Waals surface area (Å²) in [6.45, 7) is -0.520. The number of nitrogens with one attached hydrogen (secondary N) is 1. The lowest BCUT2D eigenvalue weighted by Crippen LogP contribution is -2.31. The molecule has 0 saturated heterocycles. The van der Waals surface area contributed by atoms with Gasteiger partial charge in [0.1, 0.15) is 6.54 Å². The third kappa shape index (κ3) is 3.76. The largest absolute Gasteiger partial charge is 0.468 e. The Labute approximate surface area is 110 Å². The number of ether oxygens (including phenoxy) is 2. The van der Waals surface area contributed by atoms with Gasteiger partial charge in [0.15, 0.2) is 0 Å². The predicted molar refractivity (Wildman–Crippen MR) is 65.0 cm³/mol. The predicted octanol–water partition coefficient (Wildman–Crippen LogP) is -0.0755. The average Bonchev–Trinajstić information content (AvgIpc) is 2.43. The van der Waals surface area contributed by atoms with Gasteiger partial charge in [-0.05, 0) is 12.1 Å². The zero-order chi connectivity index (χ0) is 14.5. The molecule has 0 aliphatic heterocycles. The Bertz CT molecular complexity index is 581. The number of benzene rings is 1. The Morgan fingerprint density at radius 2 is 1.79 bits per heavy atom. The Morgan fingerprint density at radius 1 is 1.16 bits per heavy atom. The smallest absolute Gasteiger partial charge is 0.339 e. The maximum atomic E-state index is 12.0. The van der Waals surface area contributed by atoms with Crippen molar-refractivity contribution in [3.05, 3.63) is 29.8 Å². The molecule has 0 atom stereocenters. The van der Waals surface area contributed by atoms with Crippen LogP contribution < -0.4 is 4.72 Å². The van der Waals surface area contributed by atoms with Gasteiger partial charge in [0.05, 0.1) is 24.7 Å². The van der Waals surface area contributed by atoms with Crippen molar-refractivity contribution in [3.63, 3.8) is 0 Å². The molecule has 1 rings (SSSR count). The molecule has 0 saturated carbocycles. The first-order chi connectivity index (χ1) is 8.92. The summed E-state index contributed by atoms with van der Waals surface area (Å²) >= 11 is 0. The van der Waals surface area contributed by atoms with E-state index in [1.807, 2.05) is 4.72 Å². The van der Waals surface area contributed by atoms with Crippen LogP contribution in [0, 0.1) is 0 Å². The first-order valence-corrected chi connectivity index (χ1v) is 6.64. The number of carbonyl (C=O) groups is 2. The van der Waals surface area contributed by atoms with Crippen molar-refractivity contribution in [2.75, 3.05) is 20.8 Å². The second-order valence-electron chi connectivity index (χ2n) is 3.39. The van der Waals surface area contributed by atoms with Crippen LogP contribution in [0.2, 0.25) is 0 Å². The summed E-state index contributed by atoms with van der Waals surface area (Å²) in [5, 5.41) is 0. The number of hydrogen-bond acceptors (Lipinski definition) is 6. The van der Waals surface area contributed by atoms with Crippen LogP contribution in [0.1, 0.15) is 10.4 Å². The van der Waals surface area contributed by atoms with Crippen molar-refractivity contribution in [2.24, 2.45) is 0 Å². The summed E-state index contributed by atoms with van der Waals surface area (Å²) in [6, 6.07) is 5.52. The number of hydrogen-bond donors (Lipinski definition) is 1. The molecule has 8 heteroatoms. The van der Waals surface area contributed by atoms with E-state index in [9.17, 15) is 18.0 Å². The molecule has 0 amide bonds. The molecule has 1 aromatic carbocycles. The van der Waals surface area contributed by atoms with Gasteiger partial charge in [0.25, 0.3) is 0 Å². The van der Waals surface area contributed by atoms with Crippen LogP contribution in [-0.2, 0) is 24.3 Å². The molecule has 7 nitrogen and oxygen atoms in total. The number of sulfonamides is 1. The molecular formula is C11H13NO6S. The monoisotopic (exact) mass is 287 g/mol. The second-order valence-corrected chi connectivity index (χ2v) is 5.12. The standard InChI is InChI=1S/C11H13NO6S/c1-17-10(13)7-12-19(15,16)9-6-4-3-5-8(9)11(14)18-2/h3-6,12H,7H2,1-2H3. The molecule has 0 aliphatic carbocycles. The van der Waals surface area contributed by atoms with Gasteiger partial charge in [-0.15, -0.1) is 0 Å². The van der Waals surface area contributed by atoms with Crippen molar-refractivity contribution in [2.45, 2.75) is 4.90 Å². The third-order valence-corrected chi connectivity index (χ3v) is 3.68. The molecule has 0 radical (unpaired) electrons. The summed E-state index contributed by atoms with van der Waals surface area (Å²) in [6.07, 6.45) is 0. The maximum Gasteiger partial charge on any atom is 0.339 e. The molecule has 0 fully saturated rings. The molecule has 104 valence electrons. The normalized spacial score (nSPS) is 10.8. The average molecular weight is 287 g/mol. The van der Waals surface area contributed by atoms with E-state index in [1.165, 1.54) is 24.3 Å². The van der Waals surface area contributed by atoms with Crippen LogP contribution in [0.15, 0.2) is 29.2 Å². The van der Waals surface area contributed by atoms with Crippen LogP contribution in [-0.4, -0.2) is 41.1 Å². The molecule has 0 spiro atoms. The van der Waals surface area contributed by atoms with E-state index in [4.69, 9.17) is 0 Å². The molecule has 1 N–H and O–H groups in total. The fourth-order valence-electron chi connectivity index (χ4n) is 1.28. The molecule has 0 bridgehead atoms. The minimum absolute atomic E-state index is 0.109. The van der Waals surface area contributed by atoms with Gasteiger partial charge in [-0.2, -0.15) is 4.72 Å². The molecule has 0 unspecified atom stereocenters. The Morgan fingerprint density at radius 3 is 2.37 bits per heavy atom. The number of rotatable bonds is 5. The first kappa shape index (κ1) is 15.1. The van der Waals surface area contributed by atoms with Gasteiger partial charge in [-0.25, -0.2) is 13.2 Å². The Balaban J connectivity index is 3.08. The summed E-state index contributed by atoms with van der Waals surface area (Å²) in [5.41, 5.74) is -0.109. The quantitative estimate of drug-likeness (QED) is 0.761. The number of esters is 2. The highest BCUT2D eigenvalue weighted by Gasteiger charge is 2.23. The van der Waals surface area contributed by atoms with Crippen molar-refractivity contribution in [1.82, 2.24) is 4.72 Å². The fraction of sp³-hybridized carbons (Fsp3) is 0.273. The van der Waals surface area contributed by atoms with E-state index in [0.29, 0.717) is 0 Å². The summed E-state index contributed by atoms with van der Waals surface area (Å²) in [7, 11) is -1.72. The molecule has 0 heterocycles. The molecule has 19 heavy (non-hydrogen) atoms. The van der Waals surface area contributed by atoms with E-state index in [-0.39, 0.29) is 10.5 Å². The highest BCUT2D eigenvalue weighted by atomic mass is 32.2. The lowest BCUT2D eigenvalue weighted by molar-refractivity contribution is -0.139. The van der Waals surface area contributed by atoms with E-state index in [2.05, 4.69) is 9.47 Å². The first-order valence-electron chi connectivity index (χ1n) is 5.16. The topological polar surface area (TPSA) is 98.8 Å². The Hall–Kier alpha value is -1.93. The van der Waals surface area contributed by atoms with Crippen molar-refractivity contribution < 1.29 is 27.5 Å². The number of methoxy groups -OCH3 is 2. The van der Waals surface area contributed by atoms with Crippen LogP contribution in [0.4, 0.5) is 0 Å². The maximum absolute atomic E-state index is 12.0. The second kappa shape index (κ2) is 6.30. The lowest BCUT2D eigenvalue weighted by Gasteiger charge is -2.09. The minimum Gasteiger partial charge on any atom is -0.468 e. The van der Waals surface area contributed by atoms with Crippen molar-refractivity contribution in [3.8, 4) is 0 Å². The van der Waals surface area contributed by atoms with Crippen LogP contribution in [0.25, 0.3) is 0 Å². The molecule has 1 aromatic rings. The lowest BCUT2D eigenvalue weighted by atomic mass is 10.2. The van der Waals surface area contributed by atoms with Crippen LogP contribution >= 0.6 is 0 Å². The summed E-state index contributed by atoms with van der Waals surface area (Å²) < 4.78 is 34.8. The molecular weight excluding hydrogens is 274 g/mol. The highest BCUT2D eigenvalue weighted by Crippen LogP contribution is 2.15. The van der Waals surface area contributed by atoms with Gasteiger partial charge >= 0.3 is 11.9 Å². The zero-order valence-corrected chi connectivity index (χ0v) is 11.2.